The van der Waals surface area contributed by atoms with Crippen LogP contribution >= 0.6 is 24.6 Å². The SMILES string of the molecule is [C-]1=C(Cc2ccccc2)C=CC1.[Cl][Zr+2][Cl].c1ccc2[cH-]c(-p3cccc3)cc2c1. The van der Waals surface area contributed by atoms with Gasteiger partial charge >= 0.3 is 37.9 Å². The number of fused-ring (bicyclic) bond motifs is 1. The topological polar surface area (TPSA) is 0 Å². The minimum atomic E-state index is -0.826. The first-order valence-electron chi connectivity index (χ1n) is 9.35. The van der Waals surface area contributed by atoms with Gasteiger partial charge in [-0.3, -0.25) is 6.08 Å². The Hall–Kier alpha value is -1.23. The fourth-order valence-electron chi connectivity index (χ4n) is 3.18. The van der Waals surface area contributed by atoms with Gasteiger partial charge in [0.25, 0.3) is 0 Å². The predicted molar refractivity (Wildman–Crippen MR) is 126 cm³/mol. The number of allylic oxidation sites excluding steroid dienone is 4. The Kier molecular flexibility index (Phi) is 9.65. The summed E-state index contributed by atoms with van der Waals surface area (Å²) in [5.41, 5.74) is 2.69. The monoisotopic (exact) mass is 512 g/mol. The fraction of sp³-hybridized carbons (Fsp3) is 0.0800. The van der Waals surface area contributed by atoms with Gasteiger partial charge in [-0.05, 0) is 23.6 Å². The van der Waals surface area contributed by atoms with Gasteiger partial charge in [0.1, 0.15) is 0 Å². The van der Waals surface area contributed by atoms with E-state index in [0.29, 0.717) is 0 Å². The summed E-state index contributed by atoms with van der Waals surface area (Å²) in [5, 5.41) is 4.18. The first-order chi connectivity index (χ1) is 14.3. The molecule has 0 bridgehead atoms. The Morgan fingerprint density at radius 2 is 1.62 bits per heavy atom. The second-order valence-corrected chi connectivity index (χ2v) is 12.1. The first kappa shape index (κ1) is 22.5. The Labute approximate surface area is 193 Å². The second-order valence-electron chi connectivity index (χ2n) is 6.48. The standard InChI is InChI=1S/C13H10P.C12H11.2ClH.Zr/c1-2-6-12-10-13(9-11(12)5-1)14-7-3-4-8-14;1-2-6-11(7-3-1)10-12-8-4-5-9-12;;;/h1-10H;1-4,6-8H,5,10H2;2*1H;/q2*-1;;;+4/p-2. The number of halogens is 2. The molecule has 4 heteroatoms. The third-order valence-corrected chi connectivity index (χ3v) is 6.35. The largest absolute Gasteiger partial charge is 0.157 e. The number of hydrogen-bond donors (Lipinski definition) is 0. The van der Waals surface area contributed by atoms with E-state index in [-0.39, 0.29) is 7.53 Å². The molecule has 1 aliphatic carbocycles. The van der Waals surface area contributed by atoms with Crippen LogP contribution in [0.1, 0.15) is 12.0 Å². The van der Waals surface area contributed by atoms with Crippen LogP contribution in [0.4, 0.5) is 0 Å². The summed E-state index contributed by atoms with van der Waals surface area (Å²) < 4.78 is 0. The number of rotatable bonds is 3. The molecule has 0 fully saturated rings. The van der Waals surface area contributed by atoms with Gasteiger partial charge in [-0.2, -0.15) is 12.1 Å². The molecular formula is C25H21Cl2PZr. The van der Waals surface area contributed by atoms with E-state index < -0.39 is 20.8 Å². The predicted octanol–water partition coefficient (Wildman–Crippen LogP) is 8.83. The molecule has 144 valence electrons. The maximum Gasteiger partial charge on any atom is -0.0395 e. The van der Waals surface area contributed by atoms with Crippen LogP contribution in [-0.2, 0) is 27.3 Å². The minimum absolute atomic E-state index is 0.148. The van der Waals surface area contributed by atoms with Crippen LogP contribution in [0.2, 0.25) is 0 Å². The van der Waals surface area contributed by atoms with Crippen molar-refractivity contribution in [1.29, 1.82) is 0 Å². The van der Waals surface area contributed by atoms with Gasteiger partial charge in [0.2, 0.25) is 0 Å². The van der Waals surface area contributed by atoms with Gasteiger partial charge in [-0.1, -0.05) is 53.8 Å². The van der Waals surface area contributed by atoms with E-state index in [1.54, 1.807) is 0 Å². The third kappa shape index (κ3) is 7.20. The zero-order valence-corrected chi connectivity index (χ0v) is 20.8. The third-order valence-electron chi connectivity index (χ3n) is 4.51. The molecule has 0 aliphatic heterocycles. The van der Waals surface area contributed by atoms with Crippen LogP contribution in [0.5, 0.6) is 0 Å². The van der Waals surface area contributed by atoms with Crippen LogP contribution in [-0.4, -0.2) is 0 Å². The molecule has 1 aromatic heterocycles. The molecule has 0 spiro atoms. The molecule has 0 atom stereocenters. The van der Waals surface area contributed by atoms with Crippen LogP contribution < -0.4 is 0 Å². The molecule has 0 saturated heterocycles. The average molecular weight is 515 g/mol. The van der Waals surface area contributed by atoms with Crippen molar-refractivity contribution in [2.45, 2.75) is 12.8 Å². The molecule has 0 saturated carbocycles. The molecule has 1 aliphatic rings. The normalized spacial score (nSPS) is 11.7. The molecule has 0 amide bonds. The Morgan fingerprint density at radius 1 is 0.931 bits per heavy atom. The molecule has 0 unspecified atom stereocenters. The van der Waals surface area contributed by atoms with Crippen molar-refractivity contribution in [1.82, 2.24) is 0 Å². The Balaban J connectivity index is 0.000000148. The molecule has 1 heterocycles. The second kappa shape index (κ2) is 12.5. The average Bonchev–Trinajstić information content (AvgIpc) is 3.51. The van der Waals surface area contributed by atoms with E-state index >= 15 is 0 Å². The van der Waals surface area contributed by atoms with E-state index in [1.165, 1.54) is 27.2 Å². The van der Waals surface area contributed by atoms with E-state index in [1.807, 2.05) is 6.07 Å². The van der Waals surface area contributed by atoms with Crippen molar-refractivity contribution < 1.29 is 20.8 Å². The van der Waals surface area contributed by atoms with Crippen LogP contribution in [0.3, 0.4) is 0 Å². The fourth-order valence-corrected chi connectivity index (χ4v) is 4.77. The summed E-state index contributed by atoms with van der Waals surface area (Å²) in [6, 6.07) is 28.0. The molecule has 3 aromatic carbocycles. The van der Waals surface area contributed by atoms with Gasteiger partial charge in [0.05, 0.1) is 0 Å². The zero-order chi connectivity index (χ0) is 20.3. The molecule has 0 N–H and O–H groups in total. The van der Waals surface area contributed by atoms with Gasteiger partial charge in [-0.25, -0.2) is 11.6 Å². The number of hydrogen-bond acceptors (Lipinski definition) is 0. The summed E-state index contributed by atoms with van der Waals surface area (Å²) in [6.45, 7) is 0. The van der Waals surface area contributed by atoms with Crippen molar-refractivity contribution in [2.75, 3.05) is 0 Å². The van der Waals surface area contributed by atoms with Gasteiger partial charge in [-0.15, -0.1) is 49.0 Å². The Morgan fingerprint density at radius 3 is 2.28 bits per heavy atom. The Bertz CT molecular complexity index is 1010. The van der Waals surface area contributed by atoms with Gasteiger partial charge in [0, 0.05) is 0 Å². The first-order valence-corrected chi connectivity index (χ1v) is 17.2. The van der Waals surface area contributed by atoms with Crippen molar-refractivity contribution in [3.63, 3.8) is 0 Å². The van der Waals surface area contributed by atoms with Crippen molar-refractivity contribution >= 4 is 35.3 Å². The molecular weight excluding hydrogens is 493 g/mol. The molecule has 0 nitrogen and oxygen atoms in total. The van der Waals surface area contributed by atoms with Crippen LogP contribution in [0.25, 0.3) is 16.1 Å². The smallest absolute Gasteiger partial charge is 0.0395 e. The quantitative estimate of drug-likeness (QED) is 0.240. The van der Waals surface area contributed by atoms with Crippen molar-refractivity contribution in [3.8, 4) is 5.30 Å². The number of benzene rings is 2. The zero-order valence-electron chi connectivity index (χ0n) is 15.9. The van der Waals surface area contributed by atoms with Gasteiger partial charge in [0.15, 0.2) is 0 Å². The van der Waals surface area contributed by atoms with Crippen molar-refractivity contribution in [2.24, 2.45) is 0 Å². The van der Waals surface area contributed by atoms with E-state index in [2.05, 4.69) is 103 Å². The summed E-state index contributed by atoms with van der Waals surface area (Å²) in [5.74, 6) is 4.59. The van der Waals surface area contributed by atoms with E-state index in [9.17, 15) is 0 Å². The minimum Gasteiger partial charge on any atom is -0.157 e. The van der Waals surface area contributed by atoms with Crippen LogP contribution in [0.15, 0.2) is 108 Å². The van der Waals surface area contributed by atoms with E-state index in [0.717, 1.165) is 12.8 Å². The summed E-state index contributed by atoms with van der Waals surface area (Å²) >= 11 is -0.826. The summed E-state index contributed by atoms with van der Waals surface area (Å²) in [7, 11) is 9.72. The van der Waals surface area contributed by atoms with Gasteiger partial charge < -0.3 is 0 Å². The molecule has 29 heavy (non-hydrogen) atoms. The molecule has 0 radical (unpaired) electrons. The summed E-state index contributed by atoms with van der Waals surface area (Å²) in [6.07, 6.45) is 9.63. The maximum absolute atomic E-state index is 4.93. The van der Waals surface area contributed by atoms with Crippen LogP contribution in [0, 0.1) is 6.08 Å². The van der Waals surface area contributed by atoms with E-state index in [4.69, 9.17) is 17.0 Å². The summed E-state index contributed by atoms with van der Waals surface area (Å²) in [4.78, 5) is 0. The molecule has 5 rings (SSSR count). The van der Waals surface area contributed by atoms with Crippen molar-refractivity contribution in [3.05, 3.63) is 120 Å². The molecule has 4 aromatic rings. The maximum atomic E-state index is 4.93.